The molecule has 0 bridgehead atoms. The van der Waals surface area contributed by atoms with Gasteiger partial charge in [0.15, 0.2) is 11.6 Å². The second-order valence-corrected chi connectivity index (χ2v) is 9.82. The van der Waals surface area contributed by atoms with Gasteiger partial charge in [0.05, 0.1) is 17.7 Å². The van der Waals surface area contributed by atoms with Crippen molar-refractivity contribution < 1.29 is 27.9 Å². The van der Waals surface area contributed by atoms with Crippen molar-refractivity contribution in [3.05, 3.63) is 101 Å². The minimum atomic E-state index is -1.64. The molecule has 3 aromatic carbocycles. The molecule has 0 spiro atoms. The summed E-state index contributed by atoms with van der Waals surface area (Å²) in [5, 5.41) is 16.4. The molecule has 0 aromatic heterocycles. The van der Waals surface area contributed by atoms with Gasteiger partial charge in [-0.25, -0.2) is 13.2 Å². The number of hydrogen-bond donors (Lipinski definition) is 3. The van der Waals surface area contributed by atoms with E-state index in [1.807, 2.05) is 32.9 Å². The second kappa shape index (κ2) is 10.2. The number of carbonyl (C=O) groups excluding carboxylic acids is 2. The van der Waals surface area contributed by atoms with Crippen LogP contribution in [-0.2, 0) is 9.59 Å². The number of para-hydroxylation sites is 1. The third-order valence-corrected chi connectivity index (χ3v) is 6.05. The first kappa shape index (κ1) is 26.1. The molecule has 1 unspecified atom stereocenters. The van der Waals surface area contributed by atoms with E-state index in [-0.39, 0.29) is 11.1 Å². The fraction of sp³-hybridized carbons (Fsp3) is 0.250. The molecule has 0 radical (unpaired) electrons. The number of rotatable bonds is 5. The average molecular weight is 510 g/mol. The first-order valence-electron chi connectivity index (χ1n) is 11.6. The molecule has 0 fully saturated rings. The Morgan fingerprint density at radius 2 is 1.62 bits per heavy atom. The molecule has 192 valence electrons. The normalized spacial score (nSPS) is 17.1. The van der Waals surface area contributed by atoms with Gasteiger partial charge in [-0.15, -0.1) is 0 Å². The van der Waals surface area contributed by atoms with Crippen LogP contribution in [0.1, 0.15) is 49.5 Å². The Morgan fingerprint density at radius 3 is 2.27 bits per heavy atom. The zero-order chi connectivity index (χ0) is 26.9. The summed E-state index contributed by atoms with van der Waals surface area (Å²) in [5.74, 6) is -5.68. The van der Waals surface area contributed by atoms with E-state index in [1.54, 1.807) is 12.1 Å². The molecule has 1 aliphatic rings. The van der Waals surface area contributed by atoms with E-state index in [2.05, 4.69) is 15.6 Å². The van der Waals surface area contributed by atoms with Crippen molar-refractivity contribution in [3.63, 3.8) is 0 Å². The van der Waals surface area contributed by atoms with Crippen LogP contribution in [0.2, 0.25) is 0 Å². The number of amides is 2. The number of nitrogens with zero attached hydrogens (tertiary/aromatic N) is 1. The summed E-state index contributed by atoms with van der Waals surface area (Å²) < 4.78 is 41.0. The molecule has 1 heterocycles. The predicted molar refractivity (Wildman–Crippen MR) is 133 cm³/mol. The summed E-state index contributed by atoms with van der Waals surface area (Å²) in [7, 11) is 0. The van der Waals surface area contributed by atoms with Crippen LogP contribution in [0.15, 0.2) is 71.7 Å². The highest BCUT2D eigenvalue weighted by molar-refractivity contribution is 6.14. The summed E-state index contributed by atoms with van der Waals surface area (Å²) in [4.78, 5) is 31.2. The Balaban J connectivity index is 1.73. The van der Waals surface area contributed by atoms with Crippen LogP contribution < -0.4 is 10.6 Å². The van der Waals surface area contributed by atoms with Crippen LogP contribution in [0.4, 0.5) is 18.9 Å². The number of nitrogens with one attached hydrogen (secondary N) is 2. The topological polar surface area (TPSA) is 90.8 Å². The quantitative estimate of drug-likeness (QED) is 0.459. The van der Waals surface area contributed by atoms with Gasteiger partial charge in [0, 0.05) is 16.7 Å². The first-order chi connectivity index (χ1) is 17.5. The molecule has 0 aliphatic carbocycles. The van der Waals surface area contributed by atoms with Crippen molar-refractivity contribution in [2.45, 2.75) is 39.0 Å². The van der Waals surface area contributed by atoms with Crippen LogP contribution in [0.5, 0.6) is 0 Å². The summed E-state index contributed by atoms with van der Waals surface area (Å²) >= 11 is 0. The number of aliphatic imine (C=N–C) groups is 1. The summed E-state index contributed by atoms with van der Waals surface area (Å²) in [6.45, 7) is 5.77. The fourth-order valence-electron chi connectivity index (χ4n) is 4.21. The fourth-order valence-corrected chi connectivity index (χ4v) is 4.21. The van der Waals surface area contributed by atoms with E-state index in [1.165, 1.54) is 12.1 Å². The Morgan fingerprint density at radius 1 is 0.973 bits per heavy atom. The molecule has 3 aromatic rings. The SMILES string of the molecule is CC(C)(C)C1=NC(NC(=O)[C@H](c2ccc(F)cc2)[C@@H](O)c2ccc(F)c(F)c2)C(=O)Nc2ccccc21. The van der Waals surface area contributed by atoms with Gasteiger partial charge in [0.2, 0.25) is 12.1 Å². The molecule has 3 N–H and O–H groups in total. The predicted octanol–water partition coefficient (Wildman–Crippen LogP) is 4.85. The van der Waals surface area contributed by atoms with E-state index in [4.69, 9.17) is 0 Å². The number of halogens is 3. The van der Waals surface area contributed by atoms with E-state index in [0.717, 1.165) is 30.3 Å². The van der Waals surface area contributed by atoms with Gasteiger partial charge in [-0.3, -0.25) is 14.6 Å². The number of carbonyl (C=O) groups is 2. The summed E-state index contributed by atoms with van der Waals surface area (Å²) in [5.41, 5.74) is 1.46. The number of anilines is 1. The highest BCUT2D eigenvalue weighted by atomic mass is 19.2. The molecular weight excluding hydrogens is 483 g/mol. The van der Waals surface area contributed by atoms with Crippen molar-refractivity contribution in [1.29, 1.82) is 0 Å². The van der Waals surface area contributed by atoms with Gasteiger partial charge in [0.25, 0.3) is 5.91 Å². The van der Waals surface area contributed by atoms with Gasteiger partial charge in [-0.2, -0.15) is 0 Å². The molecular formula is C28H26F3N3O3. The van der Waals surface area contributed by atoms with Gasteiger partial charge in [0.1, 0.15) is 5.82 Å². The maximum absolute atomic E-state index is 13.9. The monoisotopic (exact) mass is 509 g/mol. The number of fused-ring (bicyclic) bond motifs is 1. The van der Waals surface area contributed by atoms with E-state index in [9.17, 15) is 27.9 Å². The first-order valence-corrected chi connectivity index (χ1v) is 11.6. The lowest BCUT2D eigenvalue weighted by molar-refractivity contribution is -0.129. The number of hydrogen-bond acceptors (Lipinski definition) is 4. The van der Waals surface area contributed by atoms with E-state index < -0.39 is 52.9 Å². The zero-order valence-electron chi connectivity index (χ0n) is 20.4. The maximum Gasteiger partial charge on any atom is 0.269 e. The second-order valence-electron chi connectivity index (χ2n) is 9.82. The van der Waals surface area contributed by atoms with Gasteiger partial charge < -0.3 is 15.7 Å². The molecule has 37 heavy (non-hydrogen) atoms. The average Bonchev–Trinajstić information content (AvgIpc) is 2.98. The number of aliphatic hydroxyl groups excluding tert-OH is 1. The Hall–Kier alpha value is -3.98. The molecule has 0 saturated carbocycles. The number of benzene rings is 3. The summed E-state index contributed by atoms with van der Waals surface area (Å²) in [6, 6.07) is 14.7. The Labute approximate surface area is 212 Å². The number of benzodiazepines with no additional fused rings is 1. The molecule has 1 aliphatic heterocycles. The van der Waals surface area contributed by atoms with Crippen LogP contribution in [0.3, 0.4) is 0 Å². The third kappa shape index (κ3) is 5.56. The number of aliphatic hydroxyl groups is 1. The van der Waals surface area contributed by atoms with Crippen molar-refractivity contribution in [3.8, 4) is 0 Å². The minimum Gasteiger partial charge on any atom is -0.387 e. The van der Waals surface area contributed by atoms with Crippen molar-refractivity contribution >= 4 is 23.2 Å². The third-order valence-electron chi connectivity index (χ3n) is 6.05. The van der Waals surface area contributed by atoms with Gasteiger partial charge in [-0.1, -0.05) is 57.2 Å². The standard InChI is InChI=1S/C28H26F3N3O3/c1-28(2,3)24-18-6-4-5-7-21(18)32-27(37)25(33-24)34-26(36)22(15-8-11-17(29)12-9-15)23(35)16-10-13-19(30)20(31)14-16/h4-14,22-23,25,35H,1-3H3,(H,32,37)(H,34,36)/t22-,23+,25?/m1/s1. The van der Waals surface area contributed by atoms with Gasteiger partial charge in [-0.05, 0) is 41.5 Å². The molecule has 6 nitrogen and oxygen atoms in total. The van der Waals surface area contributed by atoms with Crippen molar-refractivity contribution in [2.75, 3.05) is 5.32 Å². The lowest BCUT2D eigenvalue weighted by Gasteiger charge is -2.26. The lowest BCUT2D eigenvalue weighted by atomic mass is 9.85. The smallest absolute Gasteiger partial charge is 0.269 e. The highest BCUT2D eigenvalue weighted by Gasteiger charge is 2.36. The van der Waals surface area contributed by atoms with Crippen LogP contribution in [0.25, 0.3) is 0 Å². The van der Waals surface area contributed by atoms with E-state index >= 15 is 0 Å². The van der Waals surface area contributed by atoms with E-state index in [0.29, 0.717) is 17.0 Å². The molecule has 4 rings (SSSR count). The van der Waals surface area contributed by atoms with Crippen LogP contribution >= 0.6 is 0 Å². The lowest BCUT2D eigenvalue weighted by Crippen LogP contribution is -2.45. The largest absolute Gasteiger partial charge is 0.387 e. The Bertz CT molecular complexity index is 1370. The maximum atomic E-state index is 13.9. The highest BCUT2D eigenvalue weighted by Crippen LogP contribution is 2.33. The minimum absolute atomic E-state index is 0.0695. The molecule has 9 heteroatoms. The molecule has 0 saturated heterocycles. The summed E-state index contributed by atoms with van der Waals surface area (Å²) in [6.07, 6.45) is -2.99. The zero-order valence-corrected chi connectivity index (χ0v) is 20.4. The molecule has 2 amide bonds. The van der Waals surface area contributed by atoms with Gasteiger partial charge >= 0.3 is 0 Å². The van der Waals surface area contributed by atoms with Crippen molar-refractivity contribution in [1.82, 2.24) is 5.32 Å². The van der Waals surface area contributed by atoms with Crippen LogP contribution in [-0.4, -0.2) is 28.8 Å². The molecule has 3 atom stereocenters. The van der Waals surface area contributed by atoms with Crippen molar-refractivity contribution in [2.24, 2.45) is 10.4 Å². The van der Waals surface area contributed by atoms with Crippen LogP contribution in [0, 0.1) is 22.9 Å². The Kier molecular flexibility index (Phi) is 7.18.